The first-order chi connectivity index (χ1) is 28.8. The maximum absolute atomic E-state index is 14.0. The number of H-pyrrole nitrogens is 1. The van der Waals surface area contributed by atoms with E-state index in [4.69, 9.17) is 5.73 Å². The van der Waals surface area contributed by atoms with Crippen molar-refractivity contribution in [2.24, 2.45) is 5.73 Å². The molecule has 0 bridgehead atoms. The van der Waals surface area contributed by atoms with Crippen LogP contribution in [0, 0.1) is 0 Å². The zero-order valence-corrected chi connectivity index (χ0v) is 34.3. The Labute approximate surface area is 347 Å². The number of carbonyl (C=O) groups is 4. The Morgan fingerprint density at radius 3 is 2.20 bits per heavy atom. The summed E-state index contributed by atoms with van der Waals surface area (Å²) < 4.78 is 1.93. The van der Waals surface area contributed by atoms with Crippen LogP contribution in [-0.2, 0) is 38.6 Å². The highest BCUT2D eigenvalue weighted by Gasteiger charge is 2.23. The fourth-order valence-corrected chi connectivity index (χ4v) is 7.93. The van der Waals surface area contributed by atoms with E-state index in [0.717, 1.165) is 88.4 Å². The highest BCUT2D eigenvalue weighted by atomic mass is 16.2. The maximum Gasteiger partial charge on any atom is 0.246 e. The molecule has 59 heavy (non-hydrogen) atoms. The van der Waals surface area contributed by atoms with E-state index >= 15 is 0 Å². The van der Waals surface area contributed by atoms with Crippen molar-refractivity contribution in [3.05, 3.63) is 127 Å². The van der Waals surface area contributed by atoms with Crippen LogP contribution in [0.2, 0.25) is 0 Å². The molecule has 5 N–H and O–H groups in total. The number of hydrogen-bond acceptors (Lipinski definition) is 5. The van der Waals surface area contributed by atoms with Gasteiger partial charge in [-0.1, -0.05) is 111 Å². The number of nitrogens with two attached hydrogens (primary N) is 1. The second kappa shape index (κ2) is 21.7. The topological polar surface area (TPSA) is 142 Å². The number of Topliss-reactive ketones (excluding diaryl/α,β-unsaturated/α-hetero) is 1. The summed E-state index contributed by atoms with van der Waals surface area (Å²) in [6.07, 6.45) is 9.61. The number of benzene rings is 4. The second-order valence-corrected chi connectivity index (χ2v) is 15.4. The van der Waals surface area contributed by atoms with E-state index in [2.05, 4.69) is 39.9 Å². The highest BCUT2D eigenvalue weighted by Crippen LogP contribution is 2.31. The van der Waals surface area contributed by atoms with Gasteiger partial charge in [-0.05, 0) is 86.5 Å². The van der Waals surface area contributed by atoms with Crippen molar-refractivity contribution in [1.82, 2.24) is 20.2 Å². The number of rotatable bonds is 23. The average Bonchev–Trinajstić information content (AvgIpc) is 3.79. The molecule has 2 aromatic heterocycles. The summed E-state index contributed by atoms with van der Waals surface area (Å²) in [6, 6.07) is 35.2. The zero-order valence-electron chi connectivity index (χ0n) is 34.3. The van der Waals surface area contributed by atoms with Crippen LogP contribution in [0.3, 0.4) is 0 Å². The first kappa shape index (κ1) is 42.6. The number of anilines is 1. The van der Waals surface area contributed by atoms with Gasteiger partial charge in [0.2, 0.25) is 17.7 Å². The quantitative estimate of drug-likeness (QED) is 0.0484. The van der Waals surface area contributed by atoms with E-state index in [0.29, 0.717) is 45.3 Å². The third kappa shape index (κ3) is 11.8. The van der Waals surface area contributed by atoms with Crippen LogP contribution < -0.4 is 21.3 Å². The van der Waals surface area contributed by atoms with Crippen LogP contribution in [0.4, 0.5) is 5.69 Å². The Hall–Kier alpha value is -6.00. The summed E-state index contributed by atoms with van der Waals surface area (Å²) in [5, 5.41) is 8.18. The molecule has 0 aliphatic heterocycles. The van der Waals surface area contributed by atoms with Crippen molar-refractivity contribution >= 4 is 51.0 Å². The molecule has 1 atom stereocenters. The number of nitrogens with one attached hydrogen (secondary N) is 3. The molecule has 6 rings (SSSR count). The van der Waals surface area contributed by atoms with E-state index in [9.17, 15) is 19.2 Å². The molecule has 0 aliphatic carbocycles. The van der Waals surface area contributed by atoms with Crippen molar-refractivity contribution in [1.29, 1.82) is 0 Å². The van der Waals surface area contributed by atoms with E-state index in [1.807, 2.05) is 101 Å². The third-order valence-corrected chi connectivity index (χ3v) is 11.0. The Balaban J connectivity index is 1.14. The van der Waals surface area contributed by atoms with Crippen LogP contribution in [0.25, 0.3) is 33.1 Å². The lowest BCUT2D eigenvalue weighted by molar-refractivity contribution is -0.128. The number of para-hydroxylation sites is 3. The van der Waals surface area contributed by atoms with Crippen molar-refractivity contribution in [3.8, 4) is 11.3 Å². The molecule has 0 aliphatic rings. The molecule has 0 fully saturated rings. The third-order valence-electron chi connectivity index (χ3n) is 11.0. The Morgan fingerprint density at radius 1 is 0.763 bits per heavy atom. The Morgan fingerprint density at radius 2 is 1.44 bits per heavy atom. The molecule has 10 heteroatoms. The van der Waals surface area contributed by atoms with Gasteiger partial charge >= 0.3 is 0 Å². The van der Waals surface area contributed by atoms with Crippen molar-refractivity contribution < 1.29 is 19.2 Å². The van der Waals surface area contributed by atoms with Gasteiger partial charge in [-0.2, -0.15) is 0 Å². The molecular formula is C49H58N6O4. The summed E-state index contributed by atoms with van der Waals surface area (Å²) >= 11 is 0. The van der Waals surface area contributed by atoms with Crippen LogP contribution >= 0.6 is 0 Å². The fraction of sp³-hybridized carbons (Fsp3) is 0.347. The van der Waals surface area contributed by atoms with Crippen LogP contribution in [0.15, 0.2) is 115 Å². The number of unbranched alkanes of at least 4 members (excludes halogenated alkanes) is 5. The monoisotopic (exact) mass is 794 g/mol. The number of amides is 3. The minimum absolute atomic E-state index is 0.0307. The van der Waals surface area contributed by atoms with E-state index in [-0.39, 0.29) is 36.5 Å². The number of aromatic amines is 1. The molecule has 308 valence electrons. The van der Waals surface area contributed by atoms with Gasteiger partial charge in [0, 0.05) is 58.9 Å². The molecule has 3 amide bonds. The highest BCUT2D eigenvalue weighted by molar-refractivity contribution is 5.96. The van der Waals surface area contributed by atoms with Gasteiger partial charge in [0.15, 0.2) is 0 Å². The zero-order chi connectivity index (χ0) is 41.4. The first-order valence-electron chi connectivity index (χ1n) is 21.2. The van der Waals surface area contributed by atoms with Crippen LogP contribution in [0.5, 0.6) is 0 Å². The largest absolute Gasteiger partial charge is 0.354 e. The molecule has 0 saturated heterocycles. The van der Waals surface area contributed by atoms with Gasteiger partial charge in [-0.3, -0.25) is 14.4 Å². The molecule has 0 radical (unpaired) electrons. The SMILES string of the molecule is CC(=O)CCCCC[C@H](NC(=O)Cc1cn(CC(=O)N(CCCCCCN)c2ccccc2)c2ccccc12)C(=O)NCCc1c(-c2ccccc2)[nH]c2ccccc12. The molecule has 0 unspecified atom stereocenters. The lowest BCUT2D eigenvalue weighted by Crippen LogP contribution is -2.47. The van der Waals surface area contributed by atoms with Gasteiger partial charge in [0.05, 0.1) is 6.42 Å². The van der Waals surface area contributed by atoms with Crippen molar-refractivity contribution in [2.45, 2.75) is 90.1 Å². The first-order valence-corrected chi connectivity index (χ1v) is 21.2. The smallest absolute Gasteiger partial charge is 0.246 e. The van der Waals surface area contributed by atoms with E-state index in [1.54, 1.807) is 6.92 Å². The van der Waals surface area contributed by atoms with Gasteiger partial charge in [0.25, 0.3) is 0 Å². The predicted molar refractivity (Wildman–Crippen MR) is 238 cm³/mol. The minimum atomic E-state index is -0.740. The molecule has 2 heterocycles. The van der Waals surface area contributed by atoms with Gasteiger partial charge in [-0.15, -0.1) is 0 Å². The molecular weight excluding hydrogens is 737 g/mol. The van der Waals surface area contributed by atoms with Gasteiger partial charge in [0.1, 0.15) is 18.4 Å². The lowest BCUT2D eigenvalue weighted by atomic mass is 10.0. The van der Waals surface area contributed by atoms with Crippen molar-refractivity contribution in [2.75, 3.05) is 24.5 Å². The summed E-state index contributed by atoms with van der Waals surface area (Å²) in [5.74, 6) is -0.388. The summed E-state index contributed by atoms with van der Waals surface area (Å²) in [5.41, 5.74) is 12.5. The van der Waals surface area contributed by atoms with E-state index in [1.165, 1.54) is 0 Å². The van der Waals surface area contributed by atoms with Gasteiger partial charge in [-0.25, -0.2) is 0 Å². The fourth-order valence-electron chi connectivity index (χ4n) is 7.93. The number of carbonyl (C=O) groups excluding carboxylic acids is 4. The number of ketones is 1. The summed E-state index contributed by atoms with van der Waals surface area (Å²) in [4.78, 5) is 58.6. The maximum atomic E-state index is 14.0. The molecule has 4 aromatic carbocycles. The predicted octanol–water partition coefficient (Wildman–Crippen LogP) is 8.27. The molecule has 6 aromatic rings. The molecule has 0 spiro atoms. The standard InChI is InChI=1S/C49H58N6O4/c1-36(56)19-7-4-12-27-44(49(59)51-31-29-42-41-25-13-15-26-43(41)53-48(42)37-20-8-5-9-21-37)52-46(57)33-38-34-54(45-28-16-14-24-40(38)45)35-47(58)55(32-18-3-2-17-30-50)39-22-10-6-11-23-39/h5-6,8-11,13-16,20-26,28,34,44,53H,2-4,7,12,17-19,27,29-33,35,50H2,1H3,(H,51,59)(H,52,57)/t44-/m0/s1. The molecule has 10 nitrogen and oxygen atoms in total. The Bertz CT molecular complexity index is 2300. The van der Waals surface area contributed by atoms with Crippen molar-refractivity contribution in [3.63, 3.8) is 0 Å². The second-order valence-electron chi connectivity index (χ2n) is 15.4. The van der Waals surface area contributed by atoms with Crippen LogP contribution in [-0.4, -0.2) is 58.7 Å². The summed E-state index contributed by atoms with van der Waals surface area (Å²) in [7, 11) is 0. The minimum Gasteiger partial charge on any atom is -0.354 e. The number of aromatic nitrogens is 2. The normalized spacial score (nSPS) is 11.8. The van der Waals surface area contributed by atoms with Crippen LogP contribution in [0.1, 0.15) is 75.8 Å². The van der Waals surface area contributed by atoms with E-state index < -0.39 is 6.04 Å². The molecule has 0 saturated carbocycles. The Kier molecular flexibility index (Phi) is 15.6. The summed E-state index contributed by atoms with van der Waals surface area (Å²) in [6.45, 7) is 3.38. The average molecular weight is 795 g/mol. The number of hydrogen-bond donors (Lipinski definition) is 4. The van der Waals surface area contributed by atoms with Gasteiger partial charge < -0.3 is 35.6 Å². The number of fused-ring (bicyclic) bond motifs is 2. The lowest BCUT2D eigenvalue weighted by Gasteiger charge is -2.23. The number of nitrogens with zero attached hydrogens (tertiary/aromatic N) is 2.